The van der Waals surface area contributed by atoms with E-state index in [1.165, 1.54) is 0 Å². The van der Waals surface area contributed by atoms with E-state index < -0.39 is 5.97 Å². The number of hydrogen-bond donors (Lipinski definition) is 0. The maximum atomic E-state index is 11.4. The smallest absolute Gasteiger partial charge is 0.352 e. The molecule has 0 aliphatic heterocycles. The summed E-state index contributed by atoms with van der Waals surface area (Å²) in [5, 5.41) is 8.91. The third kappa shape index (κ3) is 2.98. The molecular formula is C11H15NO3. The third-order valence-corrected chi connectivity index (χ3v) is 2.09. The lowest BCUT2D eigenvalue weighted by molar-refractivity contribution is -0.138. The lowest BCUT2D eigenvalue weighted by Gasteiger charge is -2.09. The van der Waals surface area contributed by atoms with Gasteiger partial charge in [0.1, 0.15) is 11.8 Å². The lowest BCUT2D eigenvalue weighted by Crippen LogP contribution is -2.11. The van der Waals surface area contributed by atoms with Crippen LogP contribution in [0.25, 0.3) is 0 Å². The zero-order valence-corrected chi connectivity index (χ0v) is 9.08. The first-order valence-electron chi connectivity index (χ1n) is 5.18. The van der Waals surface area contributed by atoms with Gasteiger partial charge in [-0.05, 0) is 26.7 Å². The van der Waals surface area contributed by atoms with Crippen molar-refractivity contribution in [1.82, 2.24) is 0 Å². The highest BCUT2D eigenvalue weighted by Gasteiger charge is 2.33. The summed E-state index contributed by atoms with van der Waals surface area (Å²) in [6, 6.07) is 1.87. The van der Waals surface area contributed by atoms with Gasteiger partial charge in [0, 0.05) is 5.92 Å². The van der Waals surface area contributed by atoms with E-state index in [2.05, 4.69) is 0 Å². The van der Waals surface area contributed by atoms with E-state index >= 15 is 0 Å². The average Bonchev–Trinajstić information content (AvgIpc) is 3.01. The Morgan fingerprint density at radius 2 is 1.93 bits per heavy atom. The summed E-state index contributed by atoms with van der Waals surface area (Å²) in [4.78, 5) is 11.4. The molecule has 4 nitrogen and oxygen atoms in total. The Morgan fingerprint density at radius 3 is 2.33 bits per heavy atom. The van der Waals surface area contributed by atoms with E-state index in [1.54, 1.807) is 6.92 Å². The second kappa shape index (κ2) is 5.40. The number of nitrogens with zero attached hydrogens (tertiary/aromatic N) is 1. The fourth-order valence-corrected chi connectivity index (χ4v) is 1.30. The molecule has 82 valence electrons. The van der Waals surface area contributed by atoms with E-state index in [1.807, 2.05) is 13.0 Å². The molecule has 4 heteroatoms. The van der Waals surface area contributed by atoms with Crippen molar-refractivity contribution in [3.05, 3.63) is 11.3 Å². The van der Waals surface area contributed by atoms with Crippen LogP contribution < -0.4 is 0 Å². The van der Waals surface area contributed by atoms with Crippen LogP contribution in [0.4, 0.5) is 0 Å². The van der Waals surface area contributed by atoms with E-state index in [0.29, 0.717) is 12.4 Å². The molecule has 0 spiro atoms. The van der Waals surface area contributed by atoms with Crippen LogP contribution in [0.15, 0.2) is 11.3 Å². The summed E-state index contributed by atoms with van der Waals surface area (Å²) < 4.78 is 10.1. The predicted octanol–water partition coefficient (Wildman–Crippen LogP) is 1.77. The Balaban J connectivity index is 2.86. The number of allylic oxidation sites excluding steroid dienone is 1. The fraction of sp³-hybridized carbons (Fsp3) is 0.636. The molecule has 0 saturated heterocycles. The largest absolute Gasteiger partial charge is 0.496 e. The number of esters is 1. The molecule has 0 N–H and O–H groups in total. The number of rotatable bonds is 5. The molecule has 0 atom stereocenters. The third-order valence-electron chi connectivity index (χ3n) is 2.09. The Hall–Kier alpha value is -1.50. The van der Waals surface area contributed by atoms with Gasteiger partial charge in [0.05, 0.1) is 13.2 Å². The molecule has 1 fully saturated rings. The summed E-state index contributed by atoms with van der Waals surface area (Å²) in [5.74, 6) is 0.179. The Bertz CT molecular complexity index is 310. The molecular weight excluding hydrogens is 194 g/mol. The van der Waals surface area contributed by atoms with Gasteiger partial charge >= 0.3 is 5.97 Å². The minimum Gasteiger partial charge on any atom is -0.496 e. The van der Waals surface area contributed by atoms with Gasteiger partial charge in [-0.15, -0.1) is 0 Å². The number of hydrogen-bond acceptors (Lipinski definition) is 4. The van der Waals surface area contributed by atoms with Crippen molar-refractivity contribution in [3.8, 4) is 6.07 Å². The van der Waals surface area contributed by atoms with Gasteiger partial charge in [0.25, 0.3) is 0 Å². The van der Waals surface area contributed by atoms with Crippen molar-refractivity contribution in [1.29, 1.82) is 5.26 Å². The van der Waals surface area contributed by atoms with Crippen LogP contribution in [0.5, 0.6) is 0 Å². The number of carbonyl (C=O) groups excluding carboxylic acids is 1. The summed E-state index contributed by atoms with van der Waals surface area (Å²) in [6.45, 7) is 4.29. The number of carbonyl (C=O) groups is 1. The number of nitriles is 1. The molecule has 1 aliphatic carbocycles. The van der Waals surface area contributed by atoms with Gasteiger partial charge in [-0.3, -0.25) is 0 Å². The molecule has 0 aromatic carbocycles. The van der Waals surface area contributed by atoms with Crippen molar-refractivity contribution in [2.45, 2.75) is 26.7 Å². The number of ether oxygens (including phenoxy) is 2. The normalized spacial score (nSPS) is 16.3. The van der Waals surface area contributed by atoms with E-state index in [9.17, 15) is 4.79 Å². The molecule has 0 amide bonds. The maximum Gasteiger partial charge on any atom is 0.352 e. The Kier molecular flexibility index (Phi) is 4.17. The van der Waals surface area contributed by atoms with Crippen LogP contribution in [-0.4, -0.2) is 19.2 Å². The van der Waals surface area contributed by atoms with Crippen LogP contribution in [0, 0.1) is 17.2 Å². The summed E-state index contributed by atoms with van der Waals surface area (Å²) in [5.41, 5.74) is 0.0289. The first-order valence-corrected chi connectivity index (χ1v) is 5.18. The molecule has 0 unspecified atom stereocenters. The minimum atomic E-state index is -0.574. The lowest BCUT2D eigenvalue weighted by atomic mass is 10.2. The topological polar surface area (TPSA) is 59.3 Å². The SMILES string of the molecule is CCOC(=O)/C(C#N)=C(/OCC)C1CC1. The van der Waals surface area contributed by atoms with Crippen molar-refractivity contribution < 1.29 is 14.3 Å². The van der Waals surface area contributed by atoms with E-state index in [4.69, 9.17) is 14.7 Å². The zero-order chi connectivity index (χ0) is 11.3. The van der Waals surface area contributed by atoms with Gasteiger partial charge in [0.2, 0.25) is 0 Å². The highest BCUT2D eigenvalue weighted by atomic mass is 16.5. The monoisotopic (exact) mass is 209 g/mol. The van der Waals surface area contributed by atoms with Gasteiger partial charge < -0.3 is 9.47 Å². The van der Waals surface area contributed by atoms with E-state index in [0.717, 1.165) is 12.8 Å². The second-order valence-corrected chi connectivity index (χ2v) is 3.28. The Labute approximate surface area is 89.5 Å². The van der Waals surface area contributed by atoms with Crippen molar-refractivity contribution in [2.75, 3.05) is 13.2 Å². The molecule has 0 bridgehead atoms. The van der Waals surface area contributed by atoms with Crippen LogP contribution >= 0.6 is 0 Å². The van der Waals surface area contributed by atoms with Crippen LogP contribution in [0.2, 0.25) is 0 Å². The summed E-state index contributed by atoms with van der Waals surface area (Å²) in [6.07, 6.45) is 1.97. The molecule has 0 aromatic rings. The van der Waals surface area contributed by atoms with Crippen molar-refractivity contribution in [2.24, 2.45) is 5.92 Å². The van der Waals surface area contributed by atoms with Crippen molar-refractivity contribution >= 4 is 5.97 Å². The zero-order valence-electron chi connectivity index (χ0n) is 9.08. The molecule has 0 heterocycles. The molecule has 15 heavy (non-hydrogen) atoms. The van der Waals surface area contributed by atoms with Gasteiger partial charge in [0.15, 0.2) is 5.57 Å². The molecule has 1 aliphatic rings. The molecule has 1 saturated carbocycles. The Morgan fingerprint density at radius 1 is 1.33 bits per heavy atom. The summed E-state index contributed by atoms with van der Waals surface area (Å²) >= 11 is 0. The predicted molar refractivity (Wildman–Crippen MR) is 53.6 cm³/mol. The van der Waals surface area contributed by atoms with Crippen LogP contribution in [0.1, 0.15) is 26.7 Å². The van der Waals surface area contributed by atoms with Crippen LogP contribution in [0.3, 0.4) is 0 Å². The minimum absolute atomic E-state index is 0.0289. The quantitative estimate of drug-likeness (QED) is 0.299. The van der Waals surface area contributed by atoms with Crippen molar-refractivity contribution in [3.63, 3.8) is 0 Å². The van der Waals surface area contributed by atoms with E-state index in [-0.39, 0.29) is 18.1 Å². The van der Waals surface area contributed by atoms with Gasteiger partial charge in [-0.1, -0.05) is 0 Å². The highest BCUT2D eigenvalue weighted by Crippen LogP contribution is 2.38. The maximum absolute atomic E-state index is 11.4. The van der Waals surface area contributed by atoms with Gasteiger partial charge in [-0.2, -0.15) is 5.26 Å². The molecule has 1 rings (SSSR count). The standard InChI is InChI=1S/C11H15NO3/c1-3-14-10(8-5-6-8)9(7-12)11(13)15-4-2/h8H,3-6H2,1-2H3/b10-9+. The first kappa shape index (κ1) is 11.6. The highest BCUT2D eigenvalue weighted by molar-refractivity contribution is 5.93. The summed E-state index contributed by atoms with van der Waals surface area (Å²) in [7, 11) is 0. The van der Waals surface area contributed by atoms with Crippen LogP contribution in [-0.2, 0) is 14.3 Å². The molecule has 0 radical (unpaired) electrons. The average molecular weight is 209 g/mol. The van der Waals surface area contributed by atoms with Gasteiger partial charge in [-0.25, -0.2) is 4.79 Å². The first-order chi connectivity index (χ1) is 7.24. The second-order valence-electron chi connectivity index (χ2n) is 3.28. The fourth-order valence-electron chi connectivity index (χ4n) is 1.30. The molecule has 0 aromatic heterocycles.